The van der Waals surface area contributed by atoms with E-state index in [0.717, 1.165) is 18.4 Å². The minimum absolute atomic E-state index is 0.00630. The van der Waals surface area contributed by atoms with Crippen molar-refractivity contribution in [3.63, 3.8) is 0 Å². The van der Waals surface area contributed by atoms with Gasteiger partial charge in [-0.25, -0.2) is 8.42 Å². The van der Waals surface area contributed by atoms with E-state index < -0.39 is 9.84 Å². The Bertz CT molecular complexity index is 586. The normalized spacial score (nSPS) is 32.2. The molecule has 2 fully saturated rings. The second kappa shape index (κ2) is 4.40. The Labute approximate surface area is 113 Å². The number of hydrogen-bond donors (Lipinski definition) is 0. The van der Waals surface area contributed by atoms with Crippen molar-refractivity contribution in [2.75, 3.05) is 0 Å². The summed E-state index contributed by atoms with van der Waals surface area (Å²) in [5.41, 5.74) is 1.48. The van der Waals surface area contributed by atoms with Gasteiger partial charge in [-0.05, 0) is 44.2 Å². The van der Waals surface area contributed by atoms with Gasteiger partial charge >= 0.3 is 0 Å². The Kier molecular flexibility index (Phi) is 2.96. The maximum absolute atomic E-state index is 12.4. The van der Waals surface area contributed by atoms with Crippen LogP contribution >= 0.6 is 0 Å². The van der Waals surface area contributed by atoms with Crippen LogP contribution in [0.5, 0.6) is 0 Å². The van der Waals surface area contributed by atoms with Gasteiger partial charge in [-0.3, -0.25) is 9.78 Å². The number of ketones is 1. The second-order valence-electron chi connectivity index (χ2n) is 5.66. The third-order valence-corrected chi connectivity index (χ3v) is 7.08. The van der Waals surface area contributed by atoms with E-state index in [1.807, 2.05) is 13.0 Å². The molecule has 2 atom stereocenters. The maximum Gasteiger partial charge on any atom is 0.184 e. The molecule has 4 nitrogen and oxygen atoms in total. The van der Waals surface area contributed by atoms with Crippen LogP contribution in [0.2, 0.25) is 0 Å². The monoisotopic (exact) mass is 279 g/mol. The molecule has 2 bridgehead atoms. The topological polar surface area (TPSA) is 64.1 Å². The summed E-state index contributed by atoms with van der Waals surface area (Å²) in [4.78, 5) is 16.5. The third-order valence-electron chi connectivity index (χ3n) is 4.37. The molecule has 0 radical (unpaired) electrons. The molecule has 2 unspecified atom stereocenters. The molecule has 5 heteroatoms. The summed E-state index contributed by atoms with van der Waals surface area (Å²) >= 11 is 0. The van der Waals surface area contributed by atoms with Crippen molar-refractivity contribution in [1.82, 2.24) is 4.98 Å². The van der Waals surface area contributed by atoms with Crippen LogP contribution in [-0.2, 0) is 9.84 Å². The molecule has 102 valence electrons. The lowest BCUT2D eigenvalue weighted by atomic mass is 9.92. The van der Waals surface area contributed by atoms with Crippen LogP contribution in [0.1, 0.15) is 41.7 Å². The van der Waals surface area contributed by atoms with Gasteiger partial charge < -0.3 is 0 Å². The zero-order valence-corrected chi connectivity index (χ0v) is 11.7. The molecule has 2 aliphatic rings. The Morgan fingerprint density at radius 2 is 1.84 bits per heavy atom. The maximum atomic E-state index is 12.4. The zero-order chi connectivity index (χ0) is 13.6. The first-order valence-electron chi connectivity index (χ1n) is 6.68. The van der Waals surface area contributed by atoms with Crippen molar-refractivity contribution in [3.05, 3.63) is 29.6 Å². The Morgan fingerprint density at radius 1 is 1.21 bits per heavy atom. The van der Waals surface area contributed by atoms with Gasteiger partial charge in [-0.15, -0.1) is 0 Å². The molecule has 0 N–H and O–H groups in total. The van der Waals surface area contributed by atoms with Crippen LogP contribution in [0.4, 0.5) is 0 Å². The highest BCUT2D eigenvalue weighted by Crippen LogP contribution is 2.41. The number of hydrogen-bond acceptors (Lipinski definition) is 4. The van der Waals surface area contributed by atoms with E-state index in [1.54, 1.807) is 12.3 Å². The molecule has 0 spiro atoms. The molecule has 0 amide bonds. The van der Waals surface area contributed by atoms with E-state index in [2.05, 4.69) is 4.98 Å². The minimum atomic E-state index is -2.96. The van der Waals surface area contributed by atoms with Gasteiger partial charge in [0.15, 0.2) is 15.6 Å². The van der Waals surface area contributed by atoms with Crippen LogP contribution in [0.15, 0.2) is 18.3 Å². The predicted molar refractivity (Wildman–Crippen MR) is 71.8 cm³/mol. The van der Waals surface area contributed by atoms with Crippen molar-refractivity contribution in [2.45, 2.75) is 43.1 Å². The van der Waals surface area contributed by atoms with Crippen molar-refractivity contribution < 1.29 is 13.2 Å². The molecule has 0 aromatic carbocycles. The summed E-state index contributed by atoms with van der Waals surface area (Å²) in [6.45, 7) is 1.93. The lowest BCUT2D eigenvalue weighted by Crippen LogP contribution is -2.36. The third kappa shape index (κ3) is 2.10. The molecule has 1 aromatic rings. The number of carbonyl (C=O) groups is 1. The first-order valence-corrected chi connectivity index (χ1v) is 8.29. The Hall–Kier alpha value is -1.23. The van der Waals surface area contributed by atoms with Crippen molar-refractivity contribution >= 4 is 15.6 Å². The van der Waals surface area contributed by atoms with E-state index in [1.165, 1.54) is 0 Å². The van der Waals surface area contributed by atoms with E-state index in [9.17, 15) is 13.2 Å². The highest BCUT2D eigenvalue weighted by molar-refractivity contribution is 7.93. The number of sulfone groups is 1. The smallest absolute Gasteiger partial charge is 0.184 e. The van der Waals surface area contributed by atoms with Gasteiger partial charge in [0.2, 0.25) is 0 Å². The number of aryl methyl sites for hydroxylation is 1. The lowest BCUT2D eigenvalue weighted by Gasteiger charge is -2.26. The fourth-order valence-electron chi connectivity index (χ4n) is 3.24. The van der Waals surface area contributed by atoms with Gasteiger partial charge in [-0.2, -0.15) is 0 Å². The van der Waals surface area contributed by atoms with Crippen LogP contribution in [-0.4, -0.2) is 29.7 Å². The summed E-state index contributed by atoms with van der Waals surface area (Å²) in [6.07, 6.45) is 4.08. The van der Waals surface area contributed by atoms with E-state index in [0.29, 0.717) is 18.5 Å². The summed E-state index contributed by atoms with van der Waals surface area (Å²) < 4.78 is 24.0. The fourth-order valence-corrected chi connectivity index (χ4v) is 5.72. The summed E-state index contributed by atoms with van der Waals surface area (Å²) in [5, 5.41) is -0.601. The van der Waals surface area contributed by atoms with Gasteiger partial charge in [0.1, 0.15) is 5.69 Å². The van der Waals surface area contributed by atoms with E-state index in [4.69, 9.17) is 0 Å². The second-order valence-corrected chi connectivity index (χ2v) is 8.18. The van der Waals surface area contributed by atoms with E-state index >= 15 is 0 Å². The highest BCUT2D eigenvalue weighted by Gasteiger charge is 2.48. The summed E-state index contributed by atoms with van der Waals surface area (Å²) in [6, 6.07) is 3.61. The minimum Gasteiger partial charge on any atom is -0.292 e. The van der Waals surface area contributed by atoms with Crippen LogP contribution in [0.25, 0.3) is 0 Å². The van der Waals surface area contributed by atoms with E-state index in [-0.39, 0.29) is 22.2 Å². The number of aromatic nitrogens is 1. The van der Waals surface area contributed by atoms with Crippen molar-refractivity contribution in [2.24, 2.45) is 5.92 Å². The van der Waals surface area contributed by atoms with Gasteiger partial charge in [0.05, 0.1) is 10.5 Å². The molecule has 2 aliphatic heterocycles. The average Bonchev–Trinajstić information content (AvgIpc) is 2.59. The molecular weight excluding hydrogens is 262 g/mol. The Balaban J connectivity index is 1.82. The molecular formula is C14H17NO3S. The SMILES string of the molecule is Cc1ccc(C(=O)C2CC3CCC(C2)S3(=O)=O)nc1. The van der Waals surface area contributed by atoms with Crippen LogP contribution < -0.4 is 0 Å². The number of fused-ring (bicyclic) bond motifs is 2. The van der Waals surface area contributed by atoms with Crippen LogP contribution in [0, 0.1) is 12.8 Å². The van der Waals surface area contributed by atoms with Gasteiger partial charge in [0.25, 0.3) is 0 Å². The number of carbonyl (C=O) groups excluding carboxylic acids is 1. The largest absolute Gasteiger partial charge is 0.292 e. The summed E-state index contributed by atoms with van der Waals surface area (Å²) in [5.74, 6) is -0.164. The van der Waals surface area contributed by atoms with Gasteiger partial charge in [-0.1, -0.05) is 6.07 Å². The molecule has 0 aliphatic carbocycles. The fraction of sp³-hybridized carbons (Fsp3) is 0.571. The first-order chi connectivity index (χ1) is 8.98. The molecule has 3 heterocycles. The van der Waals surface area contributed by atoms with Crippen LogP contribution in [0.3, 0.4) is 0 Å². The Morgan fingerprint density at radius 3 is 2.37 bits per heavy atom. The molecule has 19 heavy (non-hydrogen) atoms. The number of pyridine rings is 1. The molecule has 0 saturated carbocycles. The average molecular weight is 279 g/mol. The molecule has 3 rings (SSSR count). The number of nitrogens with zero attached hydrogens (tertiary/aromatic N) is 1. The molecule has 2 saturated heterocycles. The molecule has 1 aromatic heterocycles. The standard InChI is InChI=1S/C14H17NO3S/c1-9-2-5-13(15-8-9)14(16)10-6-11-3-4-12(7-10)19(11,17)18/h2,5,8,10-12H,3-4,6-7H2,1H3. The first kappa shape index (κ1) is 12.8. The van der Waals surface area contributed by atoms with Crippen molar-refractivity contribution in [1.29, 1.82) is 0 Å². The summed E-state index contributed by atoms with van der Waals surface area (Å²) in [7, 11) is -2.96. The highest BCUT2D eigenvalue weighted by atomic mass is 32.2. The lowest BCUT2D eigenvalue weighted by molar-refractivity contribution is 0.0900. The number of rotatable bonds is 2. The van der Waals surface area contributed by atoms with Gasteiger partial charge in [0, 0.05) is 12.1 Å². The quantitative estimate of drug-likeness (QED) is 0.776. The number of Topliss-reactive ketones (excluding diaryl/α,β-unsaturated/α-hetero) is 1. The zero-order valence-electron chi connectivity index (χ0n) is 10.9. The van der Waals surface area contributed by atoms with Crippen molar-refractivity contribution in [3.8, 4) is 0 Å². The predicted octanol–water partition coefficient (Wildman–Crippen LogP) is 1.93.